The highest BCUT2D eigenvalue weighted by atomic mass is 19.0. The molecule has 0 aliphatic rings. The molecule has 0 saturated heterocycles. The molecule has 0 aliphatic carbocycles. The van der Waals surface area contributed by atoms with Crippen molar-refractivity contribution in [3.8, 4) is 0 Å². The first-order valence-corrected chi connectivity index (χ1v) is 0. The quantitative estimate of drug-likeness (QED) is 0.459. The van der Waals surface area contributed by atoms with E-state index >= 15 is 0 Å². The molecule has 0 heterocycles. The lowest BCUT2D eigenvalue weighted by atomic mass is 12.0. The van der Waals surface area contributed by atoms with Crippen molar-refractivity contribution < 1.29 is 9.41 Å². The fourth-order valence-corrected chi connectivity index (χ4v) is 0. The molecule has 0 N–H and O–H groups in total. The van der Waals surface area contributed by atoms with Gasteiger partial charge in [-0.2, -0.15) is 0 Å². The highest BCUT2D eigenvalue weighted by molar-refractivity contribution is 2.51. The van der Waals surface area contributed by atoms with E-state index in [1.54, 1.807) is 0 Å². The molecule has 0 bridgehead atoms. The van der Waals surface area contributed by atoms with E-state index in [1.807, 2.05) is 0 Å². The Morgan fingerprint density at radius 1 is 0.286 bits per heavy atom. The lowest BCUT2D eigenvalue weighted by Crippen LogP contribution is 0.143. The van der Waals surface area contributed by atoms with Crippen LogP contribution in [0.15, 0.2) is 0 Å². The second-order valence-electron chi connectivity index (χ2n) is 0. The van der Waals surface area contributed by atoms with Crippen LogP contribution in [0.5, 0.6) is 0 Å². The third-order valence-electron chi connectivity index (χ3n) is 0. The largest absolute Gasteiger partial charge is 0.269 e. The Balaban J connectivity index is 0. The van der Waals surface area contributed by atoms with Crippen molar-refractivity contribution in [2.75, 3.05) is 0 Å². The molecule has 0 rings (SSSR count). The van der Waals surface area contributed by atoms with E-state index in [0.29, 0.717) is 0 Å². The van der Waals surface area contributed by atoms with E-state index < -0.39 is 0 Å². The van der Waals surface area contributed by atoms with Crippen molar-refractivity contribution in [1.29, 1.82) is 0 Å². The van der Waals surface area contributed by atoms with Gasteiger partial charge in [0.2, 0.25) is 0 Å². The molecule has 0 fully saturated rings. The molecule has 0 aromatic heterocycles. The zero-order valence-corrected chi connectivity index (χ0v) is 0.816. The fraction of sp³-hybridized carbons (Fsp3) is 1.00. The van der Waals surface area contributed by atoms with Crippen LogP contribution in [0.25, 0.3) is 0 Å². The second kappa shape index (κ2) is 7060. The van der Waals surface area contributed by atoms with E-state index in [0.717, 1.165) is 0 Å². The van der Waals surface area contributed by atoms with Crippen molar-refractivity contribution in [2.45, 2.75) is 37.1 Å². The van der Waals surface area contributed by atoms with Crippen LogP contribution in [0.4, 0.5) is 9.41 Å². The minimum Gasteiger partial charge on any atom is -0.269 e. The third kappa shape index (κ3) is 4450. The predicted octanol–water partition coefficient (Wildman–Crippen LogP) is 3.49. The number of hydrogen-bond donors (Lipinski definition) is 0. The van der Waals surface area contributed by atoms with Gasteiger partial charge in [0, 0.05) is 0 Å². The van der Waals surface area contributed by atoms with Crippen molar-refractivity contribution in [1.82, 2.24) is 0 Å². The molecule has 0 aromatic carbocycles. The smallest absolute Gasteiger partial charge is 0.0776 e. The molecule has 0 aromatic rings. The van der Waals surface area contributed by atoms with Crippen molar-refractivity contribution in [3.63, 3.8) is 0 Å². The number of rotatable bonds is 0. The molecule has 0 spiro atoms. The second-order valence-corrected chi connectivity index (χ2v) is 0. The summed E-state index contributed by atoms with van der Waals surface area (Å²) in [6.07, 6.45) is 0. The van der Waals surface area contributed by atoms with Gasteiger partial charge in [0.15, 0.2) is 0 Å². The standard InChI is InChI=1S/5CH4.2FH/h5*1H4;2*1H. The Bertz CT molecular complexity index is 6.04. The Morgan fingerprint density at radius 2 is 0.286 bits per heavy atom. The van der Waals surface area contributed by atoms with Crippen LogP contribution in [0.2, 0.25) is 0 Å². The summed E-state index contributed by atoms with van der Waals surface area (Å²) in [5.41, 5.74) is 0. The van der Waals surface area contributed by atoms with Gasteiger partial charge < -0.3 is 0 Å². The molecule has 0 aliphatic heterocycles. The van der Waals surface area contributed by atoms with E-state index in [9.17, 15) is 0 Å². The van der Waals surface area contributed by atoms with Gasteiger partial charge in [-0.3, -0.25) is 9.41 Å². The van der Waals surface area contributed by atoms with Crippen LogP contribution < -0.4 is 0 Å². The van der Waals surface area contributed by atoms with Crippen LogP contribution >= 0.6 is 0 Å². The molecule has 0 radical (unpaired) electrons. The van der Waals surface area contributed by atoms with Crippen LogP contribution in [0.3, 0.4) is 0 Å². The average Bonchev–Trinajstić information content (AvgIpc) is 0. The van der Waals surface area contributed by atoms with Crippen LogP contribution in [0.1, 0.15) is 37.1 Å². The fourth-order valence-electron chi connectivity index (χ4n) is 0. The van der Waals surface area contributed by atoms with Crippen molar-refractivity contribution in [3.05, 3.63) is 0 Å². The summed E-state index contributed by atoms with van der Waals surface area (Å²) >= 11 is 0. The minimum absolute atomic E-state index is 0. The molecular formula is C5H22F2. The monoisotopic (exact) mass is 120 g/mol. The van der Waals surface area contributed by atoms with Crippen LogP contribution in [0, 0.1) is 0 Å². The molecule has 0 nitrogen and oxygen atoms in total. The summed E-state index contributed by atoms with van der Waals surface area (Å²) in [5, 5.41) is 0. The van der Waals surface area contributed by atoms with E-state index in [2.05, 4.69) is 0 Å². The van der Waals surface area contributed by atoms with E-state index in [-0.39, 0.29) is 46.5 Å². The average molecular weight is 120 g/mol. The highest BCUT2D eigenvalue weighted by Gasteiger charge is -0.0735. The molecule has 0 atom stereocenters. The molecule has 0 amide bonds. The van der Waals surface area contributed by atoms with Gasteiger partial charge in [-0.15, -0.1) is 0 Å². The maximum absolute atomic E-state index is 0. The van der Waals surface area contributed by atoms with Gasteiger partial charge in [-0.25, -0.2) is 0 Å². The summed E-state index contributed by atoms with van der Waals surface area (Å²) in [4.78, 5) is 0. The maximum atomic E-state index is 0. The van der Waals surface area contributed by atoms with Gasteiger partial charge in [-0.05, 0) is 0 Å². The zero-order chi connectivity index (χ0) is 0. The molecular weight excluding hydrogens is 98.1 g/mol. The zero-order valence-electron chi connectivity index (χ0n) is 0.816. The summed E-state index contributed by atoms with van der Waals surface area (Å²) in [6.45, 7) is 0. The first-order chi connectivity index (χ1) is 0. The summed E-state index contributed by atoms with van der Waals surface area (Å²) in [6, 6.07) is 0. The highest BCUT2D eigenvalue weighted by Crippen LogP contribution is 0.421. The van der Waals surface area contributed by atoms with Gasteiger partial charge in [0.05, 0.1) is 0 Å². The first kappa shape index (κ1) is 12000. The Kier molecular flexibility index (Phi) is 12100000. The lowest BCUT2D eigenvalue weighted by Gasteiger charge is -0.270. The Hall–Kier alpha value is -0.140. The molecule has 0 unspecified atom stereocenters. The predicted molar refractivity (Wildman–Crippen MR) is 38.7 cm³/mol. The molecule has 7 heavy (non-hydrogen) atoms. The first-order valence-electron chi connectivity index (χ1n) is 0. The Morgan fingerprint density at radius 3 is 0.286 bits per heavy atom. The van der Waals surface area contributed by atoms with E-state index in [4.69, 9.17) is 0 Å². The van der Waals surface area contributed by atoms with Crippen molar-refractivity contribution >= 4 is 0 Å². The van der Waals surface area contributed by atoms with Crippen LogP contribution in [-0.4, -0.2) is 0 Å². The topological polar surface area (TPSA) is 0 Å². The summed E-state index contributed by atoms with van der Waals surface area (Å²) in [5.74, 6) is 0. The summed E-state index contributed by atoms with van der Waals surface area (Å²) < 4.78 is 0. The summed E-state index contributed by atoms with van der Waals surface area (Å²) in [7, 11) is 0. The third-order valence-corrected chi connectivity index (χ3v) is 0. The van der Waals surface area contributed by atoms with Gasteiger partial charge in [0.25, 0.3) is 0 Å². The number of halogens is 2. The van der Waals surface area contributed by atoms with Gasteiger partial charge in [-0.1, -0.05) is 37.1 Å². The lowest BCUT2D eigenvalue weighted by molar-refractivity contribution is 1.11. The molecule has 0 saturated carbocycles. The molecule has 56 valence electrons. The number of hydrogen-bond acceptors (Lipinski definition) is 0. The van der Waals surface area contributed by atoms with E-state index in [1.165, 1.54) is 0 Å². The normalized spacial score (nSPS) is 0. The SMILES string of the molecule is C.C.C.C.C.F.F. The molecule has 2 heteroatoms. The Labute approximate surface area is 47.7 Å². The maximum Gasteiger partial charge on any atom is -0.0776 e. The van der Waals surface area contributed by atoms with Crippen molar-refractivity contribution in [2.24, 2.45) is 0 Å². The van der Waals surface area contributed by atoms with Gasteiger partial charge in [0.1, 0.15) is 0 Å². The minimum atomic E-state index is 0. The van der Waals surface area contributed by atoms with Crippen LogP contribution in [-0.2, 0) is 0 Å². The van der Waals surface area contributed by atoms with Gasteiger partial charge >= 0.3 is 0 Å².